The molecular weight excluding hydrogens is 819 g/mol. The van der Waals surface area contributed by atoms with Crippen molar-refractivity contribution in [3.8, 4) is 11.5 Å². The van der Waals surface area contributed by atoms with Gasteiger partial charge in [-0.25, -0.2) is 29.0 Å². The van der Waals surface area contributed by atoms with E-state index >= 15 is 0 Å². The SMILES string of the molecule is COc1cn2nccc2cc1Nc1ncnc2sc3c(c12)CC[C@H](C(=O)N1CCOCC1)C3.COc1cn2nccc2cc1Nc1ncnc2sc3c(c12)CC[C@H](C(=O)O)C3. The summed E-state index contributed by atoms with van der Waals surface area (Å²) in [6.07, 6.45) is 14.6. The molecule has 1 fully saturated rings. The number of ether oxygens (including phenoxy) is 3. The number of aromatic nitrogens is 8. The summed E-state index contributed by atoms with van der Waals surface area (Å²) in [4.78, 5) is 48.6. The molecule has 1 saturated heterocycles. The number of nitrogens with one attached hydrogen (secondary N) is 2. The minimum absolute atomic E-state index is 0.0254. The Bertz CT molecular complexity index is 2950. The number of pyridine rings is 2. The predicted octanol–water partition coefficient (Wildman–Crippen LogP) is 6.34. The van der Waals surface area contributed by atoms with E-state index in [1.54, 1.807) is 64.6 Å². The van der Waals surface area contributed by atoms with Crippen LogP contribution in [0.2, 0.25) is 0 Å². The summed E-state index contributed by atoms with van der Waals surface area (Å²) in [6.45, 7) is 2.65. The molecule has 61 heavy (non-hydrogen) atoms. The number of hydrogen-bond donors (Lipinski definition) is 3. The zero-order valence-electron chi connectivity index (χ0n) is 33.3. The molecule has 3 N–H and O–H groups in total. The van der Waals surface area contributed by atoms with Crippen molar-refractivity contribution in [1.82, 2.24) is 44.1 Å². The van der Waals surface area contributed by atoms with E-state index < -0.39 is 5.97 Å². The van der Waals surface area contributed by atoms with Crippen LogP contribution in [0.5, 0.6) is 11.5 Å². The molecule has 9 heterocycles. The Kier molecular flexibility index (Phi) is 10.3. The van der Waals surface area contributed by atoms with Gasteiger partial charge in [-0.3, -0.25) is 9.59 Å². The van der Waals surface area contributed by atoms with Gasteiger partial charge in [0, 0.05) is 41.2 Å². The van der Waals surface area contributed by atoms with Gasteiger partial charge in [0.05, 0.1) is 78.9 Å². The van der Waals surface area contributed by atoms with Gasteiger partial charge in [-0.2, -0.15) is 10.2 Å². The molecular formula is C42H41N11O6S2. The van der Waals surface area contributed by atoms with Gasteiger partial charge in [0.1, 0.15) is 34.0 Å². The second-order valence-corrected chi connectivity index (χ2v) is 17.3. The summed E-state index contributed by atoms with van der Waals surface area (Å²) >= 11 is 3.23. The van der Waals surface area contributed by atoms with Crippen molar-refractivity contribution in [2.45, 2.75) is 38.5 Å². The first-order chi connectivity index (χ1) is 29.8. The van der Waals surface area contributed by atoms with E-state index in [-0.39, 0.29) is 17.7 Å². The number of methoxy groups -OCH3 is 2. The monoisotopic (exact) mass is 859 g/mol. The largest absolute Gasteiger partial charge is 0.493 e. The molecule has 19 heteroatoms. The van der Waals surface area contributed by atoms with E-state index in [4.69, 9.17) is 14.2 Å². The fraction of sp³-hybridized carbons (Fsp3) is 0.333. The van der Waals surface area contributed by atoms with Crippen LogP contribution < -0.4 is 20.1 Å². The van der Waals surface area contributed by atoms with Crippen molar-refractivity contribution in [2.24, 2.45) is 11.8 Å². The third-order valence-corrected chi connectivity index (χ3v) is 14.0. The summed E-state index contributed by atoms with van der Waals surface area (Å²) in [5.74, 6) is 2.02. The van der Waals surface area contributed by atoms with Gasteiger partial charge in [0.2, 0.25) is 5.91 Å². The van der Waals surface area contributed by atoms with Gasteiger partial charge >= 0.3 is 5.97 Å². The van der Waals surface area contributed by atoms with Crippen LogP contribution in [0.1, 0.15) is 33.7 Å². The fourth-order valence-electron chi connectivity index (χ4n) is 8.54. The Hall–Kier alpha value is -6.44. The summed E-state index contributed by atoms with van der Waals surface area (Å²) in [5.41, 5.74) is 5.92. The number of carbonyl (C=O) groups excluding carboxylic acids is 1. The van der Waals surface area contributed by atoms with Gasteiger partial charge in [0.25, 0.3) is 0 Å². The summed E-state index contributed by atoms with van der Waals surface area (Å²) in [5, 5.41) is 26.8. The van der Waals surface area contributed by atoms with Crippen LogP contribution in [-0.2, 0) is 40.0 Å². The van der Waals surface area contributed by atoms with E-state index in [9.17, 15) is 14.7 Å². The molecule has 17 nitrogen and oxygen atoms in total. The zero-order chi connectivity index (χ0) is 41.6. The lowest BCUT2D eigenvalue weighted by Crippen LogP contribution is -2.44. The third-order valence-electron chi connectivity index (χ3n) is 11.7. The number of aryl methyl sites for hydroxylation is 2. The molecule has 2 aliphatic carbocycles. The van der Waals surface area contributed by atoms with E-state index in [1.807, 2.05) is 41.6 Å². The van der Waals surface area contributed by atoms with Gasteiger partial charge in [-0.15, -0.1) is 22.7 Å². The van der Waals surface area contributed by atoms with Crippen LogP contribution in [0.3, 0.4) is 0 Å². The summed E-state index contributed by atoms with van der Waals surface area (Å²) in [7, 11) is 3.26. The second-order valence-electron chi connectivity index (χ2n) is 15.1. The Morgan fingerprint density at radius 2 is 1.26 bits per heavy atom. The van der Waals surface area contributed by atoms with Crippen molar-refractivity contribution >= 4 is 89.0 Å². The van der Waals surface area contributed by atoms with E-state index in [1.165, 1.54) is 16.8 Å². The first-order valence-electron chi connectivity index (χ1n) is 20.0. The third kappa shape index (κ3) is 7.31. The smallest absolute Gasteiger partial charge is 0.306 e. The number of carboxylic acid groups (broad SMARTS) is 1. The number of anilines is 4. The van der Waals surface area contributed by atoms with E-state index in [0.29, 0.717) is 62.9 Å². The molecule has 0 saturated carbocycles. The number of rotatable bonds is 8. The van der Waals surface area contributed by atoms with Gasteiger partial charge in [-0.05, 0) is 73.9 Å². The van der Waals surface area contributed by atoms with Crippen molar-refractivity contribution in [2.75, 3.05) is 51.2 Å². The highest BCUT2D eigenvalue weighted by Gasteiger charge is 2.33. The number of carboxylic acids is 1. The quantitative estimate of drug-likeness (QED) is 0.153. The molecule has 0 bridgehead atoms. The zero-order valence-corrected chi connectivity index (χ0v) is 35.0. The number of carbonyl (C=O) groups is 2. The molecule has 2 atom stereocenters. The molecule has 312 valence electrons. The number of amides is 1. The summed E-state index contributed by atoms with van der Waals surface area (Å²) in [6, 6.07) is 7.81. The maximum absolute atomic E-state index is 13.1. The molecule has 0 spiro atoms. The lowest BCUT2D eigenvalue weighted by Gasteiger charge is -2.31. The molecule has 0 aromatic carbocycles. The molecule has 8 aromatic rings. The Morgan fingerprint density at radius 1 is 0.754 bits per heavy atom. The lowest BCUT2D eigenvalue weighted by molar-refractivity contribution is -0.142. The normalized spacial score (nSPS) is 17.4. The Balaban J connectivity index is 0.000000148. The first-order valence-corrected chi connectivity index (χ1v) is 21.6. The van der Waals surface area contributed by atoms with Gasteiger partial charge in [-0.1, -0.05) is 0 Å². The predicted molar refractivity (Wildman–Crippen MR) is 231 cm³/mol. The topological polar surface area (TPSA) is 196 Å². The van der Waals surface area contributed by atoms with Gasteiger partial charge in [0.15, 0.2) is 11.5 Å². The number of thiophene rings is 2. The van der Waals surface area contributed by atoms with E-state index in [0.717, 1.165) is 78.4 Å². The van der Waals surface area contributed by atoms with Crippen molar-refractivity contribution < 1.29 is 28.9 Å². The fourth-order valence-corrected chi connectivity index (χ4v) is 11.1. The number of aliphatic carboxylic acids is 1. The Labute approximate surface area is 356 Å². The summed E-state index contributed by atoms with van der Waals surface area (Å²) < 4.78 is 20.0. The number of nitrogens with zero attached hydrogens (tertiary/aromatic N) is 9. The maximum atomic E-state index is 13.1. The molecule has 8 aromatic heterocycles. The Morgan fingerprint density at radius 3 is 1.77 bits per heavy atom. The standard InChI is InChI=1S/C23H24N6O3S.C19H17N5O3S/c1-31-18-12-29-15(4-5-26-29)11-17(18)27-21-20-16-3-2-14(23(30)28-6-8-32-9-7-28)10-19(16)33-22(20)25-13-24-21;1-27-14-8-24-11(4-5-22-24)7-13(14)23-17-16-12-3-2-10(19(25)26)6-15(12)28-18(16)21-9-20-17/h4-5,11-14H,2-3,6-10H2,1H3,(H,24,25,27);4-5,7-10H,2-3,6H2,1H3,(H,25,26)(H,20,21,23)/t14-;10-/m00/s1. The van der Waals surface area contributed by atoms with Crippen molar-refractivity contribution in [3.05, 3.63) is 82.6 Å². The van der Waals surface area contributed by atoms with Crippen LogP contribution in [0.15, 0.2) is 61.7 Å². The molecule has 0 radical (unpaired) electrons. The average Bonchev–Trinajstić information content (AvgIpc) is 4.10. The second kappa shape index (κ2) is 16.2. The minimum Gasteiger partial charge on any atom is -0.493 e. The minimum atomic E-state index is -0.730. The maximum Gasteiger partial charge on any atom is 0.306 e. The van der Waals surface area contributed by atoms with Crippen LogP contribution in [0.25, 0.3) is 31.5 Å². The number of fused-ring (bicyclic) bond motifs is 8. The van der Waals surface area contributed by atoms with Gasteiger partial charge < -0.3 is 34.9 Å². The van der Waals surface area contributed by atoms with Crippen LogP contribution in [0, 0.1) is 11.8 Å². The first kappa shape index (κ1) is 38.7. The molecule has 0 unspecified atom stereocenters. The van der Waals surface area contributed by atoms with Crippen LogP contribution >= 0.6 is 22.7 Å². The number of morpholine rings is 1. The van der Waals surface area contributed by atoms with E-state index in [2.05, 4.69) is 40.8 Å². The highest BCUT2D eigenvalue weighted by molar-refractivity contribution is 7.19. The average molecular weight is 860 g/mol. The van der Waals surface area contributed by atoms with Crippen molar-refractivity contribution in [3.63, 3.8) is 0 Å². The molecule has 11 rings (SSSR count). The highest BCUT2D eigenvalue weighted by atomic mass is 32.1. The van der Waals surface area contributed by atoms with Crippen LogP contribution in [-0.4, -0.2) is 102 Å². The lowest BCUT2D eigenvalue weighted by atomic mass is 9.86. The van der Waals surface area contributed by atoms with Crippen LogP contribution in [0.4, 0.5) is 23.0 Å². The highest BCUT2D eigenvalue weighted by Crippen LogP contribution is 2.43. The molecule has 3 aliphatic rings. The molecule has 1 amide bonds. The molecule has 1 aliphatic heterocycles. The van der Waals surface area contributed by atoms with Crippen molar-refractivity contribution in [1.29, 1.82) is 0 Å². The number of hydrogen-bond acceptors (Lipinski definition) is 15.